The van der Waals surface area contributed by atoms with Crippen molar-refractivity contribution in [3.05, 3.63) is 29.8 Å². The minimum atomic E-state index is -0.305. The number of nitrogens with zero attached hydrogens (tertiary/aromatic N) is 1. The SMILES string of the molecule is CC(C)Oc1cccc(C(=O)N2CC(CO)OCC2C)c1. The van der Waals surface area contributed by atoms with Crippen LogP contribution in [0.25, 0.3) is 0 Å². The lowest BCUT2D eigenvalue weighted by Gasteiger charge is -2.37. The van der Waals surface area contributed by atoms with E-state index in [-0.39, 0.29) is 30.8 Å². The molecule has 5 heteroatoms. The Balaban J connectivity index is 2.14. The summed E-state index contributed by atoms with van der Waals surface area (Å²) in [6, 6.07) is 7.20. The topological polar surface area (TPSA) is 59.0 Å². The Morgan fingerprint density at radius 2 is 2.29 bits per heavy atom. The summed E-state index contributed by atoms with van der Waals surface area (Å²) in [4.78, 5) is 14.4. The molecule has 0 saturated carbocycles. The fourth-order valence-electron chi connectivity index (χ4n) is 2.35. The van der Waals surface area contributed by atoms with E-state index in [1.807, 2.05) is 32.9 Å². The first-order valence-corrected chi connectivity index (χ1v) is 7.31. The van der Waals surface area contributed by atoms with Crippen LogP contribution in [0.3, 0.4) is 0 Å². The molecule has 0 aliphatic carbocycles. The molecule has 5 nitrogen and oxygen atoms in total. The van der Waals surface area contributed by atoms with Crippen LogP contribution in [-0.2, 0) is 4.74 Å². The van der Waals surface area contributed by atoms with Crippen molar-refractivity contribution in [3.8, 4) is 5.75 Å². The Labute approximate surface area is 125 Å². The largest absolute Gasteiger partial charge is 0.491 e. The molecule has 0 aromatic heterocycles. The van der Waals surface area contributed by atoms with Gasteiger partial charge in [-0.2, -0.15) is 0 Å². The molecular weight excluding hydrogens is 270 g/mol. The number of ether oxygens (including phenoxy) is 2. The molecule has 21 heavy (non-hydrogen) atoms. The molecule has 1 N–H and O–H groups in total. The summed E-state index contributed by atoms with van der Waals surface area (Å²) in [5, 5.41) is 9.21. The summed E-state index contributed by atoms with van der Waals surface area (Å²) in [5.74, 6) is 0.633. The number of rotatable bonds is 4. The molecule has 1 saturated heterocycles. The van der Waals surface area contributed by atoms with Crippen LogP contribution < -0.4 is 4.74 Å². The summed E-state index contributed by atoms with van der Waals surface area (Å²) < 4.78 is 11.1. The zero-order valence-electron chi connectivity index (χ0n) is 12.8. The van der Waals surface area contributed by atoms with E-state index >= 15 is 0 Å². The van der Waals surface area contributed by atoms with Gasteiger partial charge in [-0.1, -0.05) is 6.07 Å². The Hall–Kier alpha value is -1.59. The lowest BCUT2D eigenvalue weighted by atomic mass is 10.1. The van der Waals surface area contributed by atoms with Crippen LogP contribution in [0.15, 0.2) is 24.3 Å². The number of hydrogen-bond acceptors (Lipinski definition) is 4. The Bertz CT molecular complexity index is 489. The van der Waals surface area contributed by atoms with E-state index in [4.69, 9.17) is 9.47 Å². The normalized spacial score (nSPS) is 22.4. The zero-order valence-corrected chi connectivity index (χ0v) is 12.8. The molecule has 1 aliphatic rings. The Morgan fingerprint density at radius 1 is 1.52 bits per heavy atom. The smallest absolute Gasteiger partial charge is 0.254 e. The summed E-state index contributed by atoms with van der Waals surface area (Å²) >= 11 is 0. The van der Waals surface area contributed by atoms with E-state index < -0.39 is 0 Å². The molecule has 2 rings (SSSR count). The van der Waals surface area contributed by atoms with Crippen LogP contribution in [0, 0.1) is 0 Å². The molecule has 1 fully saturated rings. The number of morpholine rings is 1. The first kappa shape index (κ1) is 15.8. The van der Waals surface area contributed by atoms with Gasteiger partial charge in [0.2, 0.25) is 0 Å². The maximum absolute atomic E-state index is 12.6. The van der Waals surface area contributed by atoms with Crippen molar-refractivity contribution >= 4 is 5.91 Å². The summed E-state index contributed by atoms with van der Waals surface area (Å²) in [6.45, 7) is 6.62. The Kier molecular flexibility index (Phi) is 5.20. The summed E-state index contributed by atoms with van der Waals surface area (Å²) in [5.41, 5.74) is 0.596. The second-order valence-corrected chi connectivity index (χ2v) is 5.64. The number of carbonyl (C=O) groups is 1. The van der Waals surface area contributed by atoms with Crippen molar-refractivity contribution in [1.82, 2.24) is 4.90 Å². The van der Waals surface area contributed by atoms with Gasteiger partial charge in [0.15, 0.2) is 0 Å². The van der Waals surface area contributed by atoms with Gasteiger partial charge in [-0.05, 0) is 39.0 Å². The van der Waals surface area contributed by atoms with Crippen LogP contribution in [0.2, 0.25) is 0 Å². The van der Waals surface area contributed by atoms with E-state index in [1.54, 1.807) is 17.0 Å². The molecule has 1 aromatic rings. The van der Waals surface area contributed by atoms with E-state index in [0.29, 0.717) is 24.5 Å². The molecule has 0 radical (unpaired) electrons. The van der Waals surface area contributed by atoms with Crippen LogP contribution in [0.1, 0.15) is 31.1 Å². The molecule has 1 amide bonds. The minimum absolute atomic E-state index is 0.00465. The van der Waals surface area contributed by atoms with Gasteiger partial charge in [0, 0.05) is 12.1 Å². The predicted octanol–water partition coefficient (Wildman–Crippen LogP) is 1.70. The van der Waals surface area contributed by atoms with E-state index in [2.05, 4.69) is 0 Å². The average Bonchev–Trinajstić information content (AvgIpc) is 2.46. The third-order valence-electron chi connectivity index (χ3n) is 3.42. The molecule has 0 bridgehead atoms. The third-order valence-corrected chi connectivity index (χ3v) is 3.42. The molecule has 1 heterocycles. The highest BCUT2D eigenvalue weighted by molar-refractivity contribution is 5.94. The molecular formula is C16H23NO4. The van der Waals surface area contributed by atoms with Gasteiger partial charge < -0.3 is 19.5 Å². The van der Waals surface area contributed by atoms with Crippen LogP contribution in [-0.4, -0.2) is 53.9 Å². The monoisotopic (exact) mass is 293 g/mol. The van der Waals surface area contributed by atoms with Gasteiger partial charge in [-0.15, -0.1) is 0 Å². The average molecular weight is 293 g/mol. The predicted molar refractivity (Wildman–Crippen MR) is 79.5 cm³/mol. The van der Waals surface area contributed by atoms with E-state index in [1.165, 1.54) is 0 Å². The molecule has 0 spiro atoms. The van der Waals surface area contributed by atoms with Crippen molar-refractivity contribution in [1.29, 1.82) is 0 Å². The first-order valence-electron chi connectivity index (χ1n) is 7.31. The minimum Gasteiger partial charge on any atom is -0.491 e. The third kappa shape index (κ3) is 3.95. The highest BCUT2D eigenvalue weighted by Crippen LogP contribution is 2.19. The van der Waals surface area contributed by atoms with E-state index in [9.17, 15) is 9.90 Å². The quantitative estimate of drug-likeness (QED) is 0.918. The standard InChI is InChI=1S/C16H23NO4/c1-11(2)21-14-6-4-5-13(7-14)16(19)17-8-15(9-18)20-10-12(17)3/h4-7,11-12,15,18H,8-10H2,1-3H3. The van der Waals surface area contributed by atoms with E-state index in [0.717, 1.165) is 0 Å². The lowest BCUT2D eigenvalue weighted by Crippen LogP contribution is -2.52. The fraction of sp³-hybridized carbons (Fsp3) is 0.562. The molecule has 1 aliphatic heterocycles. The molecule has 2 atom stereocenters. The number of amides is 1. The number of carbonyl (C=O) groups excluding carboxylic acids is 1. The van der Waals surface area contributed by atoms with Gasteiger partial charge >= 0.3 is 0 Å². The number of benzene rings is 1. The van der Waals surface area contributed by atoms with Crippen molar-refractivity contribution in [2.75, 3.05) is 19.8 Å². The zero-order chi connectivity index (χ0) is 15.4. The van der Waals surface area contributed by atoms with Crippen LogP contribution in [0.5, 0.6) is 5.75 Å². The fourth-order valence-corrected chi connectivity index (χ4v) is 2.35. The van der Waals surface area contributed by atoms with Crippen molar-refractivity contribution in [2.24, 2.45) is 0 Å². The molecule has 1 aromatic carbocycles. The van der Waals surface area contributed by atoms with Crippen molar-refractivity contribution in [2.45, 2.75) is 39.0 Å². The first-order chi connectivity index (χ1) is 10.0. The second kappa shape index (κ2) is 6.91. The van der Waals surface area contributed by atoms with Crippen LogP contribution >= 0.6 is 0 Å². The highest BCUT2D eigenvalue weighted by atomic mass is 16.5. The van der Waals surface area contributed by atoms with Crippen molar-refractivity contribution in [3.63, 3.8) is 0 Å². The molecule has 2 unspecified atom stereocenters. The maximum atomic E-state index is 12.6. The van der Waals surface area contributed by atoms with Gasteiger partial charge in [0.05, 0.1) is 31.5 Å². The highest BCUT2D eigenvalue weighted by Gasteiger charge is 2.30. The van der Waals surface area contributed by atoms with Crippen LogP contribution in [0.4, 0.5) is 0 Å². The maximum Gasteiger partial charge on any atom is 0.254 e. The summed E-state index contributed by atoms with van der Waals surface area (Å²) in [7, 11) is 0. The Morgan fingerprint density at radius 3 is 2.95 bits per heavy atom. The lowest BCUT2D eigenvalue weighted by molar-refractivity contribution is -0.0667. The second-order valence-electron chi connectivity index (χ2n) is 5.64. The summed E-state index contributed by atoms with van der Waals surface area (Å²) in [6.07, 6.45) is -0.239. The van der Waals surface area contributed by atoms with Crippen molar-refractivity contribution < 1.29 is 19.4 Å². The van der Waals surface area contributed by atoms with Gasteiger partial charge in [-0.3, -0.25) is 4.79 Å². The number of hydrogen-bond donors (Lipinski definition) is 1. The van der Waals surface area contributed by atoms with Gasteiger partial charge in [0.25, 0.3) is 5.91 Å². The van der Waals surface area contributed by atoms with Gasteiger partial charge in [0.1, 0.15) is 5.75 Å². The van der Waals surface area contributed by atoms with Gasteiger partial charge in [-0.25, -0.2) is 0 Å². The molecule has 116 valence electrons. The number of aliphatic hydroxyl groups excluding tert-OH is 1. The number of aliphatic hydroxyl groups is 1.